The molecule has 2 amide bonds. The largest absolute Gasteiger partial charge is 0.350 e. The summed E-state index contributed by atoms with van der Waals surface area (Å²) in [5, 5.41) is 3.16. The summed E-state index contributed by atoms with van der Waals surface area (Å²) in [7, 11) is 0. The summed E-state index contributed by atoms with van der Waals surface area (Å²) in [6, 6.07) is 18.8. The zero-order valence-corrected chi connectivity index (χ0v) is 19.5. The van der Waals surface area contributed by atoms with Gasteiger partial charge >= 0.3 is 0 Å². The molecule has 3 aromatic carbocycles. The van der Waals surface area contributed by atoms with Crippen LogP contribution in [0.25, 0.3) is 5.57 Å². The van der Waals surface area contributed by atoms with Crippen molar-refractivity contribution in [3.63, 3.8) is 0 Å². The smallest absolute Gasteiger partial charge is 0.282 e. The number of aryl methyl sites for hydroxylation is 2. The van der Waals surface area contributed by atoms with E-state index in [4.69, 9.17) is 0 Å². The molecule has 1 aliphatic heterocycles. The summed E-state index contributed by atoms with van der Waals surface area (Å²) < 4.78 is 13.6. The van der Waals surface area contributed by atoms with Gasteiger partial charge in [-0.1, -0.05) is 51.1 Å². The molecule has 0 radical (unpaired) electrons. The zero-order chi connectivity index (χ0) is 23.9. The molecule has 33 heavy (non-hydrogen) atoms. The second-order valence-corrected chi connectivity index (χ2v) is 9.42. The maximum atomic E-state index is 13.6. The first-order chi connectivity index (χ1) is 15.6. The Kier molecular flexibility index (Phi) is 5.66. The summed E-state index contributed by atoms with van der Waals surface area (Å²) in [4.78, 5) is 28.2. The van der Waals surface area contributed by atoms with Crippen LogP contribution < -0.4 is 10.2 Å². The fourth-order valence-corrected chi connectivity index (χ4v) is 3.84. The minimum absolute atomic E-state index is 0.0505. The van der Waals surface area contributed by atoms with Gasteiger partial charge in [-0.25, -0.2) is 9.29 Å². The molecule has 0 fully saturated rings. The van der Waals surface area contributed by atoms with Crippen molar-refractivity contribution in [2.75, 3.05) is 10.2 Å². The van der Waals surface area contributed by atoms with Gasteiger partial charge in [-0.2, -0.15) is 0 Å². The van der Waals surface area contributed by atoms with Gasteiger partial charge in [0.15, 0.2) is 0 Å². The van der Waals surface area contributed by atoms with Crippen LogP contribution in [-0.4, -0.2) is 11.8 Å². The van der Waals surface area contributed by atoms with E-state index in [1.54, 1.807) is 12.1 Å². The Morgan fingerprint density at radius 2 is 1.42 bits per heavy atom. The first-order valence-electron chi connectivity index (χ1n) is 10.9. The van der Waals surface area contributed by atoms with Gasteiger partial charge in [0.1, 0.15) is 11.5 Å². The molecule has 0 aromatic heterocycles. The number of hydrogen-bond acceptors (Lipinski definition) is 3. The minimum atomic E-state index is -0.443. The van der Waals surface area contributed by atoms with Gasteiger partial charge in [0.05, 0.1) is 11.3 Å². The number of halogens is 1. The molecule has 0 spiro atoms. The van der Waals surface area contributed by atoms with Crippen LogP contribution in [0, 0.1) is 19.7 Å². The van der Waals surface area contributed by atoms with Crippen LogP contribution >= 0.6 is 0 Å². The Morgan fingerprint density at radius 1 is 0.788 bits per heavy atom. The highest BCUT2D eigenvalue weighted by molar-refractivity contribution is 6.46. The number of rotatable bonds is 4. The monoisotopic (exact) mass is 442 g/mol. The van der Waals surface area contributed by atoms with Crippen LogP contribution in [0.3, 0.4) is 0 Å². The van der Waals surface area contributed by atoms with Crippen molar-refractivity contribution in [1.82, 2.24) is 0 Å². The number of nitrogens with one attached hydrogen (secondary N) is 1. The van der Waals surface area contributed by atoms with Crippen LogP contribution in [0.15, 0.2) is 72.4 Å². The average Bonchev–Trinajstić information content (AvgIpc) is 3.00. The van der Waals surface area contributed by atoms with Crippen LogP contribution in [-0.2, 0) is 15.0 Å². The third-order valence-corrected chi connectivity index (χ3v) is 5.98. The lowest BCUT2D eigenvalue weighted by Crippen LogP contribution is -2.32. The van der Waals surface area contributed by atoms with E-state index in [0.29, 0.717) is 16.9 Å². The highest BCUT2D eigenvalue weighted by Crippen LogP contribution is 2.35. The number of amides is 2. The Hall–Kier alpha value is -3.73. The number of hydrogen-bond donors (Lipinski definition) is 1. The third kappa shape index (κ3) is 4.31. The van der Waals surface area contributed by atoms with Crippen molar-refractivity contribution in [3.05, 3.63) is 100 Å². The predicted molar refractivity (Wildman–Crippen MR) is 130 cm³/mol. The van der Waals surface area contributed by atoms with Gasteiger partial charge < -0.3 is 5.32 Å². The molecule has 0 atom stereocenters. The number of benzene rings is 3. The molecule has 1 N–H and O–H groups in total. The zero-order valence-electron chi connectivity index (χ0n) is 19.5. The number of imide groups is 1. The van der Waals surface area contributed by atoms with Crippen molar-refractivity contribution in [3.8, 4) is 0 Å². The predicted octanol–water partition coefficient (Wildman–Crippen LogP) is 6.14. The molecule has 0 aliphatic carbocycles. The summed E-state index contributed by atoms with van der Waals surface area (Å²) in [5.74, 6) is -1.29. The van der Waals surface area contributed by atoms with Gasteiger partial charge in [0.25, 0.3) is 11.8 Å². The van der Waals surface area contributed by atoms with Crippen molar-refractivity contribution < 1.29 is 14.0 Å². The minimum Gasteiger partial charge on any atom is -0.350 e. The molecule has 3 aromatic rings. The lowest BCUT2D eigenvalue weighted by atomic mass is 9.87. The Balaban J connectivity index is 1.78. The fourth-order valence-electron chi connectivity index (χ4n) is 3.84. The van der Waals surface area contributed by atoms with E-state index < -0.39 is 17.6 Å². The number of anilines is 2. The molecule has 0 bridgehead atoms. The van der Waals surface area contributed by atoms with Gasteiger partial charge in [0.2, 0.25) is 0 Å². The Bertz CT molecular complexity index is 1270. The molecular weight excluding hydrogens is 415 g/mol. The van der Waals surface area contributed by atoms with E-state index in [2.05, 4.69) is 26.1 Å². The van der Waals surface area contributed by atoms with Gasteiger partial charge in [-0.15, -0.1) is 0 Å². The average molecular weight is 443 g/mol. The number of carbonyl (C=O) groups is 2. The molecule has 0 saturated carbocycles. The number of nitrogens with zero attached hydrogens (tertiary/aromatic N) is 1. The normalized spacial score (nSPS) is 14.3. The maximum absolute atomic E-state index is 13.6. The van der Waals surface area contributed by atoms with Crippen LogP contribution in [0.2, 0.25) is 0 Å². The molecule has 4 nitrogen and oxygen atoms in total. The lowest BCUT2D eigenvalue weighted by Gasteiger charge is -2.21. The highest BCUT2D eigenvalue weighted by Gasteiger charge is 2.40. The van der Waals surface area contributed by atoms with Crippen molar-refractivity contribution >= 4 is 28.8 Å². The summed E-state index contributed by atoms with van der Waals surface area (Å²) in [6.45, 7) is 10.3. The molecule has 0 saturated heterocycles. The van der Waals surface area contributed by atoms with E-state index in [1.165, 1.54) is 29.2 Å². The standard InChI is InChI=1S/C28H27FN2O2/c1-17-6-13-22(16-18(17)2)30-25-24(19-7-11-21(29)12-8-19)26(32)31(27(25)33)23-14-9-20(10-15-23)28(3,4)5/h6-16,30H,1-5H3. The maximum Gasteiger partial charge on any atom is 0.282 e. The van der Waals surface area contributed by atoms with E-state index in [9.17, 15) is 14.0 Å². The van der Waals surface area contributed by atoms with Gasteiger partial charge in [0, 0.05) is 5.69 Å². The molecular formula is C28H27FN2O2. The van der Waals surface area contributed by atoms with Crippen LogP contribution in [0.5, 0.6) is 0 Å². The molecule has 1 heterocycles. The van der Waals surface area contributed by atoms with Crippen molar-refractivity contribution in [2.45, 2.75) is 40.0 Å². The molecule has 5 heteroatoms. The quantitative estimate of drug-likeness (QED) is 0.494. The van der Waals surface area contributed by atoms with E-state index >= 15 is 0 Å². The van der Waals surface area contributed by atoms with E-state index in [-0.39, 0.29) is 16.7 Å². The Labute approximate surface area is 193 Å². The topological polar surface area (TPSA) is 49.4 Å². The Morgan fingerprint density at radius 3 is 2.00 bits per heavy atom. The first kappa shape index (κ1) is 22.5. The molecule has 4 rings (SSSR count). The van der Waals surface area contributed by atoms with E-state index in [0.717, 1.165) is 16.7 Å². The van der Waals surface area contributed by atoms with Gasteiger partial charge in [-0.3, -0.25) is 9.59 Å². The fraction of sp³-hybridized carbons (Fsp3) is 0.214. The van der Waals surface area contributed by atoms with Crippen molar-refractivity contribution in [2.24, 2.45) is 0 Å². The van der Waals surface area contributed by atoms with Crippen molar-refractivity contribution in [1.29, 1.82) is 0 Å². The van der Waals surface area contributed by atoms with Gasteiger partial charge in [-0.05, 0) is 77.9 Å². The highest BCUT2D eigenvalue weighted by atomic mass is 19.1. The molecule has 0 unspecified atom stereocenters. The summed E-state index contributed by atoms with van der Waals surface area (Å²) >= 11 is 0. The third-order valence-electron chi connectivity index (χ3n) is 5.98. The van der Waals surface area contributed by atoms with E-state index in [1.807, 2.05) is 44.2 Å². The summed E-state index contributed by atoms with van der Waals surface area (Å²) in [5.41, 5.74) is 5.32. The lowest BCUT2D eigenvalue weighted by molar-refractivity contribution is -0.120. The molecule has 168 valence electrons. The van der Waals surface area contributed by atoms with Crippen LogP contribution in [0.4, 0.5) is 15.8 Å². The second kappa shape index (κ2) is 8.32. The SMILES string of the molecule is Cc1ccc(NC2=C(c3ccc(F)cc3)C(=O)N(c3ccc(C(C)(C)C)cc3)C2=O)cc1C. The molecule has 1 aliphatic rings. The first-order valence-corrected chi connectivity index (χ1v) is 10.9. The second-order valence-electron chi connectivity index (χ2n) is 9.42. The number of carbonyl (C=O) groups excluding carboxylic acids is 2. The van der Waals surface area contributed by atoms with Crippen LogP contribution in [0.1, 0.15) is 43.0 Å². The summed E-state index contributed by atoms with van der Waals surface area (Å²) in [6.07, 6.45) is 0.